The maximum absolute atomic E-state index is 14.3. The zero-order valence-electron chi connectivity index (χ0n) is 46.1. The molecule has 450 valence electrons. The van der Waals surface area contributed by atoms with Crippen molar-refractivity contribution in [1.82, 2.24) is 29.0 Å². The molecule has 9 rings (SSSR count). The number of sulfonamides is 2. The molecule has 5 aliphatic rings. The van der Waals surface area contributed by atoms with E-state index in [2.05, 4.69) is 49.3 Å². The lowest BCUT2D eigenvalue weighted by atomic mass is 9.71. The Morgan fingerprint density at radius 2 is 1.50 bits per heavy atom. The van der Waals surface area contributed by atoms with Crippen LogP contribution in [0.5, 0.6) is 0 Å². The van der Waals surface area contributed by atoms with E-state index in [0.29, 0.717) is 102 Å². The number of ether oxygens (including phenoxy) is 1. The Morgan fingerprint density at radius 1 is 0.817 bits per heavy atom. The van der Waals surface area contributed by atoms with Crippen molar-refractivity contribution in [2.45, 2.75) is 83.4 Å². The van der Waals surface area contributed by atoms with Crippen LogP contribution in [0.2, 0.25) is 5.02 Å². The van der Waals surface area contributed by atoms with Crippen molar-refractivity contribution in [3.63, 3.8) is 0 Å². The molecule has 4 aromatic rings. The number of nitrogens with zero attached hydrogens (tertiary/aromatic N) is 5. The van der Waals surface area contributed by atoms with Crippen molar-refractivity contribution in [2.24, 2.45) is 5.41 Å². The summed E-state index contributed by atoms with van der Waals surface area (Å²) in [7, 11) is -14.3. The van der Waals surface area contributed by atoms with Crippen molar-refractivity contribution in [3.8, 4) is 0 Å². The van der Waals surface area contributed by atoms with Gasteiger partial charge in [-0.25, -0.2) is 30.0 Å². The van der Waals surface area contributed by atoms with Gasteiger partial charge in [0.25, 0.3) is 25.8 Å². The lowest BCUT2D eigenvalue weighted by Crippen LogP contribution is -2.54. The van der Waals surface area contributed by atoms with Crippen LogP contribution < -0.4 is 20.3 Å². The number of carbonyl (C=O) groups excluding carboxylic acids is 1. The fourth-order valence-corrected chi connectivity index (χ4v) is 16.8. The number of anilines is 2. The predicted molar refractivity (Wildman–Crippen MR) is 321 cm³/mol. The smallest absolute Gasteiger partial charge is 0.380 e. The summed E-state index contributed by atoms with van der Waals surface area (Å²) >= 11 is 7.78. The fraction of sp³-hybridized carbons (Fsp3) is 0.526. The van der Waals surface area contributed by atoms with Gasteiger partial charge in [0.2, 0.25) is 10.0 Å². The first kappa shape index (κ1) is 64.0. The van der Waals surface area contributed by atoms with Gasteiger partial charge in [0.1, 0.15) is 4.90 Å². The number of halogens is 5. The van der Waals surface area contributed by atoms with Gasteiger partial charge in [0.05, 0.1) is 22.4 Å². The molecule has 4 aliphatic heterocycles. The molecule has 82 heavy (non-hydrogen) atoms. The first-order valence-electron chi connectivity index (χ1n) is 27.9. The van der Waals surface area contributed by atoms with Crippen molar-refractivity contribution < 1.29 is 48.0 Å². The standard InChI is InChI=1S/C57H74ClF3N8O8S4.ClH/c1-56(42-67-29-33-69(34-30-67)81(75,76)50-19-23-62-24-20-50)22-18-52(43-8-12-46(58)13-9-43)45(39-56)40-66-27-31-68(32-28-66)48-14-10-44(11-15-48)55(70)64-80(73,74)51-16-17-53(54(38-51)79(71,72)57(59,60)61)63-47(41-78-49-6-3-2-4-7-49)21-26-65-25-5-36-77-37-35-65;/h2-4,6-17,38,47,50,62-63H,5,18-37,39-42H2,1H3,(H,64,70);1H/t47-,56-;/m1./s1. The summed E-state index contributed by atoms with van der Waals surface area (Å²) in [5, 5.41) is 6.66. The monoisotopic (exact) mass is 1250 g/mol. The molecule has 0 aromatic heterocycles. The molecule has 16 nitrogen and oxygen atoms in total. The summed E-state index contributed by atoms with van der Waals surface area (Å²) < 4.78 is 133. The highest BCUT2D eigenvalue weighted by Gasteiger charge is 2.49. The summed E-state index contributed by atoms with van der Waals surface area (Å²) in [5.74, 6) is -0.688. The Morgan fingerprint density at radius 3 is 2.18 bits per heavy atom. The summed E-state index contributed by atoms with van der Waals surface area (Å²) in [4.78, 5) is 21.6. The van der Waals surface area contributed by atoms with E-state index in [9.17, 15) is 43.2 Å². The molecule has 1 aliphatic carbocycles. The van der Waals surface area contributed by atoms with Crippen LogP contribution in [-0.4, -0.2) is 184 Å². The molecular weight excluding hydrogens is 1180 g/mol. The number of alkyl halides is 3. The summed E-state index contributed by atoms with van der Waals surface area (Å²) in [6.45, 7) is 13.9. The molecule has 2 atom stereocenters. The van der Waals surface area contributed by atoms with E-state index in [1.807, 2.05) is 47.2 Å². The highest BCUT2D eigenvalue weighted by Crippen LogP contribution is 2.44. The van der Waals surface area contributed by atoms with Gasteiger partial charge >= 0.3 is 5.51 Å². The molecule has 25 heteroatoms. The van der Waals surface area contributed by atoms with Gasteiger partial charge in [0.15, 0.2) is 0 Å². The lowest BCUT2D eigenvalue weighted by molar-refractivity contribution is -0.0436. The quantitative estimate of drug-likeness (QED) is 0.0719. The second kappa shape index (κ2) is 28.0. The molecule has 4 aromatic carbocycles. The van der Waals surface area contributed by atoms with Crippen LogP contribution in [0.1, 0.15) is 67.8 Å². The second-order valence-electron chi connectivity index (χ2n) is 22.2. The number of sulfone groups is 1. The Hall–Kier alpha value is -3.98. The number of nitrogens with one attached hydrogen (secondary N) is 3. The number of piperazine rings is 2. The van der Waals surface area contributed by atoms with Crippen molar-refractivity contribution >= 4 is 88.5 Å². The zero-order chi connectivity index (χ0) is 57.4. The lowest BCUT2D eigenvalue weighted by Gasteiger charge is -2.44. The van der Waals surface area contributed by atoms with Crippen LogP contribution in [0.15, 0.2) is 117 Å². The number of piperidine rings is 1. The van der Waals surface area contributed by atoms with E-state index in [1.54, 1.807) is 16.4 Å². The number of allylic oxidation sites excluding steroid dienone is 1. The number of rotatable bonds is 20. The Balaban J connectivity index is 0.00000880. The van der Waals surface area contributed by atoms with Crippen LogP contribution in [0, 0.1) is 5.41 Å². The van der Waals surface area contributed by atoms with Crippen LogP contribution in [0.4, 0.5) is 24.5 Å². The summed E-state index contributed by atoms with van der Waals surface area (Å²) in [6, 6.07) is 25.7. The Labute approximate surface area is 497 Å². The van der Waals surface area contributed by atoms with Crippen LogP contribution in [0.3, 0.4) is 0 Å². The number of carbonyl (C=O) groups is 1. The molecule has 0 unspecified atom stereocenters. The van der Waals surface area contributed by atoms with E-state index < -0.39 is 62.8 Å². The minimum atomic E-state index is -6.09. The van der Waals surface area contributed by atoms with Gasteiger partial charge in [-0.05, 0) is 141 Å². The van der Waals surface area contributed by atoms with E-state index in [4.69, 9.17) is 16.3 Å². The molecule has 0 spiro atoms. The summed E-state index contributed by atoms with van der Waals surface area (Å²) in [5.41, 5.74) is -1.51. The topological polar surface area (TPSA) is 181 Å². The number of thioether (sulfide) groups is 1. The van der Waals surface area contributed by atoms with Gasteiger partial charge in [-0.3, -0.25) is 9.69 Å². The van der Waals surface area contributed by atoms with Crippen molar-refractivity contribution in [3.05, 3.63) is 119 Å². The van der Waals surface area contributed by atoms with Gasteiger partial charge < -0.3 is 30.1 Å². The SMILES string of the molecule is C[C@@]1(CN2CCN(S(=O)(=O)C3CCNCC3)CC2)CCC(c2ccc(Cl)cc2)=C(CN2CCN(c3ccc(C(=O)NS(=O)(=O)c4ccc(N[C@H](CCN5CCCOCC5)CSc5ccccc5)c(S(=O)(=O)C(F)(F)F)c4)cc3)CC2)C1.Cl. The fourth-order valence-electron chi connectivity index (χ4n) is 11.7. The molecule has 4 fully saturated rings. The first-order chi connectivity index (χ1) is 38.7. The number of amides is 1. The van der Waals surface area contributed by atoms with Gasteiger partial charge in [-0.15, -0.1) is 24.2 Å². The maximum Gasteiger partial charge on any atom is 0.501 e. The van der Waals surface area contributed by atoms with Gasteiger partial charge in [0, 0.05) is 125 Å². The Kier molecular flexibility index (Phi) is 21.9. The molecule has 0 saturated carbocycles. The Bertz CT molecular complexity index is 3160. The molecule has 4 saturated heterocycles. The highest BCUT2D eigenvalue weighted by molar-refractivity contribution is 7.99. The number of hydrogen-bond acceptors (Lipinski definition) is 15. The molecule has 0 radical (unpaired) electrons. The van der Waals surface area contributed by atoms with E-state index in [0.717, 1.165) is 99.8 Å². The van der Waals surface area contributed by atoms with E-state index >= 15 is 0 Å². The second-order valence-corrected chi connectivity index (χ2v) is 29.5. The normalized spacial score (nSPS) is 21.4. The first-order valence-corrected chi connectivity index (χ1v) is 33.7. The number of benzene rings is 4. The van der Waals surface area contributed by atoms with E-state index in [1.165, 1.54) is 35.0 Å². The maximum atomic E-state index is 14.3. The zero-order valence-corrected chi connectivity index (χ0v) is 51.0. The number of hydrogen-bond donors (Lipinski definition) is 3. The highest BCUT2D eigenvalue weighted by atomic mass is 35.5. The van der Waals surface area contributed by atoms with E-state index in [-0.39, 0.29) is 28.6 Å². The minimum absolute atomic E-state index is 0. The third-order valence-electron chi connectivity index (χ3n) is 16.3. The predicted octanol–water partition coefficient (Wildman–Crippen LogP) is 8.32. The average molecular weight is 1260 g/mol. The largest absolute Gasteiger partial charge is 0.501 e. The van der Waals surface area contributed by atoms with Crippen LogP contribution >= 0.6 is 35.8 Å². The minimum Gasteiger partial charge on any atom is -0.380 e. The molecule has 0 bridgehead atoms. The summed E-state index contributed by atoms with van der Waals surface area (Å²) in [6.07, 6.45) is 5.37. The van der Waals surface area contributed by atoms with Gasteiger partial charge in [-0.1, -0.05) is 54.4 Å². The van der Waals surface area contributed by atoms with Crippen LogP contribution in [-0.2, 0) is 34.6 Å². The van der Waals surface area contributed by atoms with Crippen LogP contribution in [0.25, 0.3) is 5.57 Å². The van der Waals surface area contributed by atoms with Crippen molar-refractivity contribution in [1.29, 1.82) is 0 Å². The average Bonchev–Trinajstić information content (AvgIpc) is 3.76. The molecular formula is C57H75Cl2F3N8O8S4. The van der Waals surface area contributed by atoms with Gasteiger partial charge in [-0.2, -0.15) is 17.5 Å². The molecule has 3 N–H and O–H groups in total. The molecule has 4 heterocycles. The third-order valence-corrected chi connectivity index (χ3v) is 23.0. The molecule has 1 amide bonds. The van der Waals surface area contributed by atoms with Crippen molar-refractivity contribution in [2.75, 3.05) is 127 Å². The third kappa shape index (κ3) is 16.3.